The van der Waals surface area contributed by atoms with Gasteiger partial charge in [0, 0.05) is 13.2 Å². The summed E-state index contributed by atoms with van der Waals surface area (Å²) in [5.74, 6) is 0. The summed E-state index contributed by atoms with van der Waals surface area (Å²) in [6, 6.07) is 0. The van der Waals surface area contributed by atoms with Crippen LogP contribution in [0.5, 0.6) is 0 Å². The van der Waals surface area contributed by atoms with Gasteiger partial charge in [-0.1, -0.05) is 47.7 Å². The molecule has 0 aliphatic carbocycles. The zero-order chi connectivity index (χ0) is 22.4. The van der Waals surface area contributed by atoms with Gasteiger partial charge in [0.25, 0.3) is 0 Å². The largest absolute Gasteiger partial charge is 0.417 e. The molecule has 0 aromatic heterocycles. The Kier molecular flexibility index (Phi) is 11.4. The van der Waals surface area contributed by atoms with Crippen LogP contribution in [0.15, 0.2) is 0 Å². The van der Waals surface area contributed by atoms with Gasteiger partial charge in [0.15, 0.2) is 16.6 Å². The van der Waals surface area contributed by atoms with Gasteiger partial charge in [0.2, 0.25) is 0 Å². The lowest BCUT2D eigenvalue weighted by atomic mass is 10.2. The molecule has 2 atom stereocenters. The van der Waals surface area contributed by atoms with Gasteiger partial charge >= 0.3 is 0 Å². The van der Waals surface area contributed by atoms with Crippen LogP contribution in [0.2, 0.25) is 55.4 Å². The van der Waals surface area contributed by atoms with Gasteiger partial charge in [-0.25, -0.2) is 0 Å². The van der Waals surface area contributed by atoms with E-state index in [2.05, 4.69) is 92.3 Å². The summed E-state index contributed by atoms with van der Waals surface area (Å²) < 4.78 is 15.2. The topological polar surface area (TPSA) is 21.7 Å². The molecule has 0 rings (SSSR count). The lowest BCUT2D eigenvalue weighted by Gasteiger charge is -2.47. The van der Waals surface area contributed by atoms with Crippen LogP contribution in [0, 0.1) is 0 Å². The minimum Gasteiger partial charge on any atom is -0.417 e. The third-order valence-electron chi connectivity index (χ3n) is 7.70. The Morgan fingerprint density at radius 2 is 1.04 bits per heavy atom. The third kappa shape index (κ3) is 8.34. The summed E-state index contributed by atoms with van der Waals surface area (Å²) in [7, 11) is -4.72. The van der Waals surface area contributed by atoms with Crippen molar-refractivity contribution in [1.29, 1.82) is 0 Å². The molecule has 0 heterocycles. The second-order valence-electron chi connectivity index (χ2n) is 11.2. The molecule has 0 N–H and O–H groups in total. The van der Waals surface area contributed by atoms with Crippen molar-refractivity contribution in [2.75, 3.05) is 26.3 Å². The molecule has 0 amide bonds. The van der Waals surface area contributed by atoms with E-state index in [1.165, 1.54) is 25.9 Å². The summed E-state index contributed by atoms with van der Waals surface area (Å²) in [4.78, 5) is 0. The number of hydrogen-bond acceptors (Lipinski definition) is 3. The summed E-state index contributed by atoms with van der Waals surface area (Å²) in [6.07, 6.45) is 2.51. The highest BCUT2D eigenvalue weighted by molar-refractivity contribution is 6.77. The van der Waals surface area contributed by atoms with E-state index >= 15 is 0 Å². The van der Waals surface area contributed by atoms with Gasteiger partial charge in [-0.05, 0) is 82.1 Å². The molecule has 0 saturated carbocycles. The SMILES string of the molecule is CCO[Si](C)(C)C(C)CCN(CCC(C)[Si](C)(C)OCC)[Si](C)(C)C(C)(C)C. The monoisotopic (exact) mass is 447 g/mol. The van der Waals surface area contributed by atoms with E-state index in [9.17, 15) is 0 Å². The Bertz CT molecular complexity index is 420. The molecule has 0 aliphatic heterocycles. The predicted molar refractivity (Wildman–Crippen MR) is 135 cm³/mol. The molecule has 0 aliphatic rings. The van der Waals surface area contributed by atoms with Crippen LogP contribution in [0.25, 0.3) is 0 Å². The molecule has 6 heteroatoms. The molecule has 3 nitrogen and oxygen atoms in total. The number of rotatable bonds is 13. The maximum Gasteiger partial charge on any atom is 0.189 e. The highest BCUT2D eigenvalue weighted by Gasteiger charge is 2.42. The van der Waals surface area contributed by atoms with Crippen LogP contribution in [-0.4, -0.2) is 55.7 Å². The Morgan fingerprint density at radius 3 is 1.29 bits per heavy atom. The second kappa shape index (κ2) is 11.2. The first-order chi connectivity index (χ1) is 12.5. The van der Waals surface area contributed by atoms with E-state index in [0.717, 1.165) is 13.2 Å². The van der Waals surface area contributed by atoms with Crippen molar-refractivity contribution in [3.8, 4) is 0 Å². The highest BCUT2D eigenvalue weighted by atomic mass is 28.4. The molecular weight excluding hydrogens is 395 g/mol. The van der Waals surface area contributed by atoms with Crippen molar-refractivity contribution in [3.63, 3.8) is 0 Å². The molecule has 170 valence electrons. The minimum absolute atomic E-state index is 0.374. The maximum atomic E-state index is 6.17. The van der Waals surface area contributed by atoms with Crippen LogP contribution >= 0.6 is 0 Å². The zero-order valence-corrected chi connectivity index (χ0v) is 24.7. The molecule has 0 saturated heterocycles. The van der Waals surface area contributed by atoms with Crippen molar-refractivity contribution >= 4 is 24.9 Å². The smallest absolute Gasteiger partial charge is 0.189 e. The normalized spacial score (nSPS) is 16.5. The maximum absolute atomic E-state index is 6.17. The van der Waals surface area contributed by atoms with Crippen LogP contribution in [0.4, 0.5) is 0 Å². The lowest BCUT2D eigenvalue weighted by molar-refractivity contribution is 0.305. The standard InChI is InChI=1S/C22H53NO2Si3/c1-14-24-26(8,9)20(3)16-18-23(28(12,13)22(5,6)7)19-17-21(4)27(10,11)25-15-2/h20-21H,14-19H2,1-13H3. The van der Waals surface area contributed by atoms with Gasteiger partial charge in [-0.2, -0.15) is 0 Å². The van der Waals surface area contributed by atoms with E-state index < -0.39 is 24.9 Å². The molecule has 28 heavy (non-hydrogen) atoms. The second-order valence-corrected chi connectivity index (χ2v) is 25.5. The zero-order valence-electron chi connectivity index (χ0n) is 21.7. The van der Waals surface area contributed by atoms with Crippen molar-refractivity contribution < 1.29 is 8.85 Å². The van der Waals surface area contributed by atoms with Crippen LogP contribution in [0.1, 0.15) is 61.3 Å². The van der Waals surface area contributed by atoms with E-state index in [1.807, 2.05) is 0 Å². The quantitative estimate of drug-likeness (QED) is 0.276. The Labute approximate surface area is 181 Å². The van der Waals surface area contributed by atoms with E-state index in [4.69, 9.17) is 8.85 Å². The predicted octanol–water partition coefficient (Wildman–Crippen LogP) is 7.34. The first-order valence-electron chi connectivity index (χ1n) is 11.6. The fraction of sp³-hybridized carbons (Fsp3) is 1.00. The van der Waals surface area contributed by atoms with Crippen molar-refractivity contribution in [3.05, 3.63) is 0 Å². The molecular formula is C22H53NO2Si3. The fourth-order valence-corrected chi connectivity index (χ4v) is 9.60. The van der Waals surface area contributed by atoms with Gasteiger partial charge in [-0.15, -0.1) is 0 Å². The molecule has 0 aromatic carbocycles. The average molecular weight is 448 g/mol. The number of hydrogen-bond donors (Lipinski definition) is 0. The van der Waals surface area contributed by atoms with Crippen molar-refractivity contribution in [2.24, 2.45) is 0 Å². The van der Waals surface area contributed by atoms with Crippen LogP contribution in [-0.2, 0) is 8.85 Å². The fourth-order valence-electron chi connectivity index (χ4n) is 3.57. The lowest BCUT2D eigenvalue weighted by Crippen LogP contribution is -2.56. The Hall–Kier alpha value is 0.531. The summed E-state index contributed by atoms with van der Waals surface area (Å²) in [5, 5.41) is 0.374. The first kappa shape index (κ1) is 28.5. The highest BCUT2D eigenvalue weighted by Crippen LogP contribution is 2.40. The molecule has 0 aromatic rings. The van der Waals surface area contributed by atoms with Gasteiger partial charge in [0.05, 0.1) is 0 Å². The minimum atomic E-state index is -1.59. The summed E-state index contributed by atoms with van der Waals surface area (Å²) in [5.41, 5.74) is 1.37. The third-order valence-corrected chi connectivity index (χ3v) is 20.8. The van der Waals surface area contributed by atoms with E-state index in [0.29, 0.717) is 16.1 Å². The summed E-state index contributed by atoms with van der Waals surface area (Å²) >= 11 is 0. The van der Waals surface area contributed by atoms with Crippen LogP contribution < -0.4 is 0 Å². The molecule has 0 radical (unpaired) electrons. The first-order valence-corrected chi connectivity index (χ1v) is 20.5. The Morgan fingerprint density at radius 1 is 0.714 bits per heavy atom. The van der Waals surface area contributed by atoms with E-state index in [-0.39, 0.29) is 0 Å². The molecule has 0 bridgehead atoms. The molecule has 0 fully saturated rings. The average Bonchev–Trinajstić information content (AvgIpc) is 2.52. The van der Waals surface area contributed by atoms with E-state index in [1.54, 1.807) is 0 Å². The Balaban J connectivity index is 5.25. The van der Waals surface area contributed by atoms with Gasteiger partial charge < -0.3 is 13.4 Å². The molecule has 2 unspecified atom stereocenters. The van der Waals surface area contributed by atoms with Gasteiger partial charge in [-0.3, -0.25) is 0 Å². The molecule has 0 spiro atoms. The van der Waals surface area contributed by atoms with Gasteiger partial charge in [0.1, 0.15) is 8.24 Å². The number of nitrogens with zero attached hydrogens (tertiary/aromatic N) is 1. The van der Waals surface area contributed by atoms with Crippen molar-refractivity contribution in [2.45, 2.75) is 117 Å². The summed E-state index contributed by atoms with van der Waals surface area (Å²) in [6.45, 7) is 35.2. The van der Waals surface area contributed by atoms with Crippen LogP contribution in [0.3, 0.4) is 0 Å². The van der Waals surface area contributed by atoms with Crippen molar-refractivity contribution in [1.82, 2.24) is 4.57 Å².